The van der Waals surface area contributed by atoms with Gasteiger partial charge >= 0.3 is 0 Å². The standard InChI is InChI=1S/C12H19ClN4O2/c1-14-9-3-2-4-16(8-9)10-7-15-17(5-6-18)12(19)11(10)13/h7,9,14,18H,2-6,8H2,1H3. The van der Waals surface area contributed by atoms with Crippen LogP contribution in [0.2, 0.25) is 5.02 Å². The Labute approximate surface area is 117 Å². The molecule has 2 N–H and O–H groups in total. The number of rotatable bonds is 4. The summed E-state index contributed by atoms with van der Waals surface area (Å²) in [4.78, 5) is 14.1. The molecule has 0 bridgehead atoms. The van der Waals surface area contributed by atoms with Crippen molar-refractivity contribution >= 4 is 17.3 Å². The van der Waals surface area contributed by atoms with Crippen molar-refractivity contribution in [1.82, 2.24) is 15.1 Å². The molecule has 0 aromatic carbocycles. The van der Waals surface area contributed by atoms with E-state index in [0.29, 0.717) is 11.7 Å². The minimum atomic E-state index is -0.347. The molecule has 0 aliphatic carbocycles. The molecule has 6 nitrogen and oxygen atoms in total. The van der Waals surface area contributed by atoms with E-state index in [0.717, 1.165) is 25.9 Å². The second-order valence-electron chi connectivity index (χ2n) is 4.67. The summed E-state index contributed by atoms with van der Waals surface area (Å²) in [5, 5.41) is 16.3. The van der Waals surface area contributed by atoms with Crippen molar-refractivity contribution in [1.29, 1.82) is 0 Å². The Morgan fingerprint density at radius 1 is 1.63 bits per heavy atom. The van der Waals surface area contributed by atoms with Crippen molar-refractivity contribution in [3.8, 4) is 0 Å². The Bertz CT molecular complexity index is 491. The number of nitrogens with one attached hydrogen (secondary N) is 1. The zero-order valence-corrected chi connectivity index (χ0v) is 11.7. The van der Waals surface area contributed by atoms with Gasteiger partial charge in [0.05, 0.1) is 25.0 Å². The molecule has 1 aromatic heterocycles. The van der Waals surface area contributed by atoms with Crippen LogP contribution < -0.4 is 15.8 Å². The summed E-state index contributed by atoms with van der Waals surface area (Å²) in [6.45, 7) is 1.73. The fourth-order valence-corrected chi connectivity index (χ4v) is 2.63. The van der Waals surface area contributed by atoms with Crippen molar-refractivity contribution in [3.63, 3.8) is 0 Å². The van der Waals surface area contributed by atoms with E-state index >= 15 is 0 Å². The normalized spacial score (nSPS) is 19.7. The van der Waals surface area contributed by atoms with Crippen LogP contribution in [0.15, 0.2) is 11.0 Å². The first-order valence-corrected chi connectivity index (χ1v) is 6.84. The van der Waals surface area contributed by atoms with Crippen molar-refractivity contribution in [2.75, 3.05) is 31.6 Å². The molecule has 0 saturated carbocycles. The number of aliphatic hydroxyl groups is 1. The van der Waals surface area contributed by atoms with Gasteiger partial charge in [-0.1, -0.05) is 11.6 Å². The van der Waals surface area contributed by atoms with Gasteiger partial charge in [0.15, 0.2) is 0 Å². The van der Waals surface area contributed by atoms with Gasteiger partial charge in [-0.05, 0) is 19.9 Å². The minimum Gasteiger partial charge on any atom is -0.394 e. The van der Waals surface area contributed by atoms with Crippen LogP contribution in [0.25, 0.3) is 0 Å². The quantitative estimate of drug-likeness (QED) is 0.820. The molecule has 19 heavy (non-hydrogen) atoms. The predicted octanol–water partition coefficient (Wildman–Crippen LogP) is 0.0772. The van der Waals surface area contributed by atoms with Crippen molar-refractivity contribution in [2.45, 2.75) is 25.4 Å². The molecular weight excluding hydrogens is 268 g/mol. The zero-order chi connectivity index (χ0) is 13.8. The number of likely N-dealkylation sites (N-methyl/N-ethyl adjacent to an activating group) is 1. The number of anilines is 1. The van der Waals surface area contributed by atoms with Crippen LogP contribution in [0.5, 0.6) is 0 Å². The van der Waals surface area contributed by atoms with E-state index in [9.17, 15) is 4.79 Å². The molecule has 0 radical (unpaired) electrons. The van der Waals surface area contributed by atoms with E-state index in [2.05, 4.69) is 15.3 Å². The predicted molar refractivity (Wildman–Crippen MR) is 74.9 cm³/mol. The van der Waals surface area contributed by atoms with Crippen molar-refractivity contribution in [2.24, 2.45) is 0 Å². The van der Waals surface area contributed by atoms with Crippen LogP contribution in [0.4, 0.5) is 5.69 Å². The van der Waals surface area contributed by atoms with Gasteiger partial charge < -0.3 is 15.3 Å². The van der Waals surface area contributed by atoms with Crippen LogP contribution in [-0.2, 0) is 6.54 Å². The molecule has 1 aliphatic rings. The van der Waals surface area contributed by atoms with E-state index in [-0.39, 0.29) is 23.7 Å². The highest BCUT2D eigenvalue weighted by Gasteiger charge is 2.22. The van der Waals surface area contributed by atoms with Crippen LogP contribution >= 0.6 is 11.6 Å². The minimum absolute atomic E-state index is 0.131. The molecular formula is C12H19ClN4O2. The number of halogens is 1. The number of aromatic nitrogens is 2. The third kappa shape index (κ3) is 3.08. The SMILES string of the molecule is CNC1CCCN(c2cnn(CCO)c(=O)c2Cl)C1. The highest BCUT2D eigenvalue weighted by Crippen LogP contribution is 2.24. The van der Waals surface area contributed by atoms with E-state index in [1.807, 2.05) is 7.05 Å². The first kappa shape index (κ1) is 14.3. The monoisotopic (exact) mass is 286 g/mol. The zero-order valence-electron chi connectivity index (χ0n) is 11.0. The van der Waals surface area contributed by atoms with E-state index in [1.54, 1.807) is 6.20 Å². The lowest BCUT2D eigenvalue weighted by Crippen LogP contribution is -2.45. The fourth-order valence-electron chi connectivity index (χ4n) is 2.36. The Kier molecular flexibility index (Phi) is 4.79. The number of piperidine rings is 1. The summed E-state index contributed by atoms with van der Waals surface area (Å²) >= 11 is 6.14. The first-order valence-electron chi connectivity index (χ1n) is 6.46. The largest absolute Gasteiger partial charge is 0.394 e. The summed E-state index contributed by atoms with van der Waals surface area (Å²) < 4.78 is 1.19. The molecule has 1 aromatic rings. The maximum absolute atomic E-state index is 12.0. The van der Waals surface area contributed by atoms with Gasteiger partial charge in [-0.25, -0.2) is 4.68 Å². The van der Waals surface area contributed by atoms with Crippen LogP contribution in [0.1, 0.15) is 12.8 Å². The lowest BCUT2D eigenvalue weighted by Gasteiger charge is -2.34. The number of hydrogen-bond donors (Lipinski definition) is 2. The second kappa shape index (κ2) is 6.36. The van der Waals surface area contributed by atoms with E-state index < -0.39 is 0 Å². The Morgan fingerprint density at radius 3 is 3.11 bits per heavy atom. The summed E-state index contributed by atoms with van der Waals surface area (Å²) in [7, 11) is 1.94. The van der Waals surface area contributed by atoms with Gasteiger partial charge in [0.2, 0.25) is 0 Å². The molecule has 1 saturated heterocycles. The van der Waals surface area contributed by atoms with E-state index in [1.165, 1.54) is 4.68 Å². The lowest BCUT2D eigenvalue weighted by atomic mass is 10.1. The third-order valence-electron chi connectivity index (χ3n) is 3.45. The summed E-state index contributed by atoms with van der Waals surface area (Å²) in [6, 6.07) is 0.407. The number of aliphatic hydroxyl groups excluding tert-OH is 1. The topological polar surface area (TPSA) is 70.4 Å². The van der Waals surface area contributed by atoms with Gasteiger partial charge in [0.1, 0.15) is 5.02 Å². The Balaban J connectivity index is 2.25. The van der Waals surface area contributed by atoms with E-state index in [4.69, 9.17) is 16.7 Å². The molecule has 0 amide bonds. The van der Waals surface area contributed by atoms with Crippen LogP contribution in [0.3, 0.4) is 0 Å². The Hall–Kier alpha value is -1.11. The molecule has 2 heterocycles. The molecule has 1 fully saturated rings. The second-order valence-corrected chi connectivity index (χ2v) is 5.05. The van der Waals surface area contributed by atoms with Gasteiger partial charge in [0, 0.05) is 19.1 Å². The maximum Gasteiger partial charge on any atom is 0.287 e. The molecule has 2 rings (SSSR count). The fraction of sp³-hybridized carbons (Fsp3) is 0.667. The first-order chi connectivity index (χ1) is 9.17. The van der Waals surface area contributed by atoms with Gasteiger partial charge in [-0.2, -0.15) is 5.10 Å². The maximum atomic E-state index is 12.0. The van der Waals surface area contributed by atoms with Gasteiger partial charge in [-0.15, -0.1) is 0 Å². The van der Waals surface area contributed by atoms with Crippen LogP contribution in [-0.4, -0.2) is 47.7 Å². The van der Waals surface area contributed by atoms with Gasteiger partial charge in [-0.3, -0.25) is 4.79 Å². The van der Waals surface area contributed by atoms with Crippen molar-refractivity contribution in [3.05, 3.63) is 21.6 Å². The third-order valence-corrected chi connectivity index (χ3v) is 3.80. The highest BCUT2D eigenvalue weighted by atomic mass is 35.5. The average molecular weight is 287 g/mol. The molecule has 1 aliphatic heterocycles. The molecule has 1 atom stereocenters. The molecule has 0 spiro atoms. The molecule has 106 valence electrons. The van der Waals surface area contributed by atoms with Crippen LogP contribution in [0, 0.1) is 0 Å². The summed E-state index contributed by atoms with van der Waals surface area (Å²) in [5.74, 6) is 0. The Morgan fingerprint density at radius 2 is 2.42 bits per heavy atom. The number of nitrogens with zero attached hydrogens (tertiary/aromatic N) is 3. The number of hydrogen-bond acceptors (Lipinski definition) is 5. The summed E-state index contributed by atoms with van der Waals surface area (Å²) in [6.07, 6.45) is 3.79. The smallest absolute Gasteiger partial charge is 0.287 e. The average Bonchev–Trinajstić information content (AvgIpc) is 2.44. The summed E-state index contributed by atoms with van der Waals surface area (Å²) in [5.41, 5.74) is 0.334. The van der Waals surface area contributed by atoms with Gasteiger partial charge in [0.25, 0.3) is 5.56 Å². The molecule has 1 unspecified atom stereocenters. The highest BCUT2D eigenvalue weighted by molar-refractivity contribution is 6.33. The lowest BCUT2D eigenvalue weighted by molar-refractivity contribution is 0.266. The van der Waals surface area contributed by atoms with Crippen molar-refractivity contribution < 1.29 is 5.11 Å². The molecule has 7 heteroatoms.